The highest BCUT2D eigenvalue weighted by Crippen LogP contribution is 2.45. The van der Waals surface area contributed by atoms with Gasteiger partial charge in [0.15, 0.2) is 0 Å². The lowest BCUT2D eigenvalue weighted by atomic mass is 10.4. The molecule has 0 aromatic carbocycles. The molecule has 0 aromatic rings. The normalized spacial score (nSPS) is 17.2. The molecule has 0 saturated carbocycles. The molecule has 0 fully saturated rings. The molecule has 0 amide bonds. The molecule has 0 unspecified atom stereocenters. The van der Waals surface area contributed by atoms with Crippen LogP contribution in [-0.4, -0.2) is 48.7 Å². The highest BCUT2D eigenvalue weighted by Gasteiger charge is 2.42. The molecule has 17 heavy (non-hydrogen) atoms. The van der Waals surface area contributed by atoms with E-state index in [0.717, 1.165) is 6.92 Å². The van der Waals surface area contributed by atoms with E-state index in [1.165, 1.54) is 0 Å². The average molecular weight is 289 g/mol. The smallest absolute Gasteiger partial charge is 0.471 e. The van der Waals surface area contributed by atoms with Gasteiger partial charge in [0.2, 0.25) is 4.93 Å². The summed E-state index contributed by atoms with van der Waals surface area (Å²) in [4.78, 5) is 36.0. The molecule has 0 radical (unpaired) electrons. The SMILES string of the molecule is C[C@](OP(=O)(O)O)(SC[C@H](N)C(=O)O)C(=O)O. The summed E-state index contributed by atoms with van der Waals surface area (Å²) < 4.78 is 14.7. The van der Waals surface area contributed by atoms with Crippen LogP contribution in [0.2, 0.25) is 0 Å². The van der Waals surface area contributed by atoms with Crippen molar-refractivity contribution in [3.05, 3.63) is 0 Å². The first-order valence-electron chi connectivity index (χ1n) is 4.10. The molecule has 0 spiro atoms. The van der Waals surface area contributed by atoms with Crippen LogP contribution in [0, 0.1) is 0 Å². The Morgan fingerprint density at radius 1 is 1.47 bits per heavy atom. The van der Waals surface area contributed by atoms with Gasteiger partial charge in [0.25, 0.3) is 0 Å². The van der Waals surface area contributed by atoms with E-state index in [9.17, 15) is 14.2 Å². The van der Waals surface area contributed by atoms with Gasteiger partial charge in [0, 0.05) is 5.75 Å². The first kappa shape index (κ1) is 16.4. The number of aliphatic carboxylic acids is 2. The second-order valence-electron chi connectivity index (χ2n) is 3.09. The molecule has 0 aliphatic rings. The molecule has 0 heterocycles. The summed E-state index contributed by atoms with van der Waals surface area (Å²) in [5, 5.41) is 17.2. The van der Waals surface area contributed by atoms with Gasteiger partial charge in [-0.05, 0) is 6.92 Å². The maximum Gasteiger partial charge on any atom is 0.471 e. The number of carboxylic acid groups (broad SMARTS) is 2. The van der Waals surface area contributed by atoms with Gasteiger partial charge in [-0.2, -0.15) is 0 Å². The lowest BCUT2D eigenvalue weighted by molar-refractivity contribution is -0.147. The first-order chi connectivity index (χ1) is 7.48. The molecule has 0 saturated heterocycles. The lowest BCUT2D eigenvalue weighted by Crippen LogP contribution is -2.39. The number of hydrogen-bond acceptors (Lipinski definition) is 6. The van der Waals surface area contributed by atoms with Crippen LogP contribution < -0.4 is 5.73 Å². The fourth-order valence-corrected chi connectivity index (χ4v) is 2.47. The standard InChI is InChI=1S/C6H12NO8PS/c1-6(5(10)11,15-16(12,13)14)17-2-3(7)4(8)9/h3H,2,7H2,1H3,(H,8,9)(H,10,11)(H2,12,13,14)/t3-,6-/m0/s1. The van der Waals surface area contributed by atoms with Crippen LogP contribution in [0.4, 0.5) is 0 Å². The van der Waals surface area contributed by atoms with E-state index >= 15 is 0 Å². The fourth-order valence-electron chi connectivity index (χ4n) is 0.674. The predicted octanol–water partition coefficient (Wildman–Crippen LogP) is -0.958. The number of phosphoric ester groups is 1. The molecule has 9 nitrogen and oxygen atoms in total. The minimum atomic E-state index is -5.01. The Labute approximate surface area is 100 Å². The zero-order valence-electron chi connectivity index (χ0n) is 8.64. The lowest BCUT2D eigenvalue weighted by Gasteiger charge is -2.25. The topological polar surface area (TPSA) is 167 Å². The molecule has 0 aliphatic heterocycles. The fraction of sp³-hybridized carbons (Fsp3) is 0.667. The molecular formula is C6H12NO8PS. The third kappa shape index (κ3) is 6.01. The second kappa shape index (κ2) is 5.80. The van der Waals surface area contributed by atoms with Crippen LogP contribution in [0.1, 0.15) is 6.92 Å². The molecule has 0 aliphatic carbocycles. The Hall–Kier alpha value is -0.640. The van der Waals surface area contributed by atoms with Crippen molar-refractivity contribution in [1.82, 2.24) is 0 Å². The maximum atomic E-state index is 10.8. The van der Waals surface area contributed by atoms with Crippen molar-refractivity contribution in [2.45, 2.75) is 17.9 Å². The number of phosphoric acid groups is 1. The van der Waals surface area contributed by atoms with Crippen molar-refractivity contribution >= 4 is 31.5 Å². The van der Waals surface area contributed by atoms with Crippen molar-refractivity contribution < 1.29 is 38.7 Å². The molecule has 11 heteroatoms. The van der Waals surface area contributed by atoms with Gasteiger partial charge in [-0.3, -0.25) is 9.32 Å². The monoisotopic (exact) mass is 289 g/mol. The predicted molar refractivity (Wildman–Crippen MR) is 57.2 cm³/mol. The summed E-state index contributed by atoms with van der Waals surface area (Å²) >= 11 is 0.375. The molecule has 0 bridgehead atoms. The number of nitrogens with two attached hydrogens (primary N) is 1. The quantitative estimate of drug-likeness (QED) is 0.291. The number of hydrogen-bond donors (Lipinski definition) is 5. The van der Waals surface area contributed by atoms with Crippen LogP contribution in [-0.2, 0) is 18.7 Å². The number of carbonyl (C=O) groups is 2. The van der Waals surface area contributed by atoms with Gasteiger partial charge in [-0.15, -0.1) is 11.8 Å². The van der Waals surface area contributed by atoms with Gasteiger partial charge in [0.05, 0.1) is 0 Å². The Bertz CT molecular complexity index is 356. The summed E-state index contributed by atoms with van der Waals surface area (Å²) in [7, 11) is -5.01. The average Bonchev–Trinajstić information content (AvgIpc) is 2.10. The summed E-state index contributed by atoms with van der Waals surface area (Å²) in [5.74, 6) is -3.39. The molecule has 2 atom stereocenters. The first-order valence-corrected chi connectivity index (χ1v) is 6.61. The van der Waals surface area contributed by atoms with Crippen molar-refractivity contribution in [3.8, 4) is 0 Å². The van der Waals surface area contributed by atoms with E-state index in [1.54, 1.807) is 0 Å². The van der Waals surface area contributed by atoms with E-state index < -0.39 is 30.7 Å². The van der Waals surface area contributed by atoms with E-state index in [2.05, 4.69) is 4.52 Å². The van der Waals surface area contributed by atoms with Crippen LogP contribution in [0.25, 0.3) is 0 Å². The van der Waals surface area contributed by atoms with Gasteiger partial charge in [-0.1, -0.05) is 0 Å². The summed E-state index contributed by atoms with van der Waals surface area (Å²) in [5.41, 5.74) is 5.12. The zero-order chi connectivity index (χ0) is 13.9. The van der Waals surface area contributed by atoms with E-state index in [1.807, 2.05) is 0 Å². The van der Waals surface area contributed by atoms with Crippen molar-refractivity contribution in [1.29, 1.82) is 0 Å². The van der Waals surface area contributed by atoms with Gasteiger partial charge >= 0.3 is 19.8 Å². The molecular weight excluding hydrogens is 277 g/mol. The van der Waals surface area contributed by atoms with Crippen LogP contribution in [0.5, 0.6) is 0 Å². The summed E-state index contributed by atoms with van der Waals surface area (Å²) in [6, 6.07) is -1.36. The Morgan fingerprint density at radius 3 is 2.24 bits per heavy atom. The zero-order valence-corrected chi connectivity index (χ0v) is 10.4. The van der Waals surface area contributed by atoms with Crippen molar-refractivity contribution in [2.24, 2.45) is 5.73 Å². The highest BCUT2D eigenvalue weighted by molar-refractivity contribution is 8.01. The van der Waals surface area contributed by atoms with Crippen LogP contribution >= 0.6 is 19.6 Å². The van der Waals surface area contributed by atoms with E-state index in [0.29, 0.717) is 11.8 Å². The Kier molecular flexibility index (Phi) is 5.59. The highest BCUT2D eigenvalue weighted by atomic mass is 32.2. The van der Waals surface area contributed by atoms with Crippen molar-refractivity contribution in [2.75, 3.05) is 5.75 Å². The van der Waals surface area contributed by atoms with Gasteiger partial charge in [0.1, 0.15) is 6.04 Å². The Balaban J connectivity index is 4.70. The second-order valence-corrected chi connectivity index (χ2v) is 5.65. The molecule has 100 valence electrons. The van der Waals surface area contributed by atoms with Gasteiger partial charge in [-0.25, -0.2) is 9.36 Å². The van der Waals surface area contributed by atoms with E-state index in [4.69, 9.17) is 25.7 Å². The molecule has 6 N–H and O–H groups in total. The molecule has 0 rings (SSSR count). The maximum absolute atomic E-state index is 10.8. The number of rotatable bonds is 7. The molecule has 0 aromatic heterocycles. The van der Waals surface area contributed by atoms with E-state index in [-0.39, 0.29) is 5.75 Å². The summed E-state index contributed by atoms with van der Waals surface area (Å²) in [6.45, 7) is 0.896. The van der Waals surface area contributed by atoms with Gasteiger partial charge < -0.3 is 25.7 Å². The van der Waals surface area contributed by atoms with Crippen LogP contribution in [0.3, 0.4) is 0 Å². The Morgan fingerprint density at radius 2 is 1.94 bits per heavy atom. The minimum Gasteiger partial charge on any atom is -0.480 e. The third-order valence-corrected chi connectivity index (χ3v) is 3.60. The van der Waals surface area contributed by atoms with Crippen molar-refractivity contribution in [3.63, 3.8) is 0 Å². The third-order valence-electron chi connectivity index (χ3n) is 1.54. The summed E-state index contributed by atoms with van der Waals surface area (Å²) in [6.07, 6.45) is 0. The largest absolute Gasteiger partial charge is 0.480 e. The number of thioether (sulfide) groups is 1. The number of carboxylic acids is 2. The van der Waals surface area contributed by atoms with Crippen LogP contribution in [0.15, 0.2) is 0 Å². The minimum absolute atomic E-state index is 0.375.